The van der Waals surface area contributed by atoms with Gasteiger partial charge in [0.15, 0.2) is 5.13 Å². The Morgan fingerprint density at radius 3 is 2.42 bits per heavy atom. The van der Waals surface area contributed by atoms with Crippen molar-refractivity contribution in [2.75, 3.05) is 39.0 Å². The summed E-state index contributed by atoms with van der Waals surface area (Å²) in [7, 11) is 3.91. The van der Waals surface area contributed by atoms with Crippen molar-refractivity contribution in [1.29, 1.82) is 0 Å². The SMILES string of the molecule is CN(C)CCCN(CC(=O)Nc1nccs1)C(=O)c1cc(Cl)cc(Cl)c1. The van der Waals surface area contributed by atoms with E-state index < -0.39 is 0 Å². The molecule has 0 bridgehead atoms. The van der Waals surface area contributed by atoms with Crippen LogP contribution in [0, 0.1) is 0 Å². The maximum Gasteiger partial charge on any atom is 0.254 e. The number of carbonyl (C=O) groups is 2. The quantitative estimate of drug-likeness (QED) is 0.717. The van der Waals surface area contributed by atoms with Crippen molar-refractivity contribution < 1.29 is 9.59 Å². The maximum absolute atomic E-state index is 12.9. The van der Waals surface area contributed by atoms with E-state index in [9.17, 15) is 9.59 Å². The van der Waals surface area contributed by atoms with E-state index in [-0.39, 0.29) is 18.4 Å². The molecule has 0 saturated heterocycles. The van der Waals surface area contributed by atoms with Crippen LogP contribution < -0.4 is 5.32 Å². The first kappa shape index (κ1) is 20.6. The number of rotatable bonds is 8. The van der Waals surface area contributed by atoms with Gasteiger partial charge in [-0.1, -0.05) is 23.2 Å². The van der Waals surface area contributed by atoms with Gasteiger partial charge in [-0.15, -0.1) is 11.3 Å². The van der Waals surface area contributed by atoms with E-state index in [0.717, 1.165) is 13.0 Å². The van der Waals surface area contributed by atoms with Crippen LogP contribution in [0.15, 0.2) is 29.8 Å². The molecule has 0 unspecified atom stereocenters. The fourth-order valence-corrected chi connectivity index (χ4v) is 3.38. The van der Waals surface area contributed by atoms with E-state index in [0.29, 0.717) is 27.3 Å². The lowest BCUT2D eigenvalue weighted by molar-refractivity contribution is -0.116. The number of thiazole rings is 1. The van der Waals surface area contributed by atoms with Gasteiger partial charge in [0.1, 0.15) is 6.54 Å². The van der Waals surface area contributed by atoms with E-state index >= 15 is 0 Å². The smallest absolute Gasteiger partial charge is 0.254 e. The van der Waals surface area contributed by atoms with Gasteiger partial charge in [0.2, 0.25) is 5.91 Å². The minimum Gasteiger partial charge on any atom is -0.329 e. The predicted molar refractivity (Wildman–Crippen MR) is 106 cm³/mol. The highest BCUT2D eigenvalue weighted by molar-refractivity contribution is 7.13. The Balaban J connectivity index is 2.10. The van der Waals surface area contributed by atoms with Crippen LogP contribution in [0.4, 0.5) is 5.13 Å². The molecule has 140 valence electrons. The minimum atomic E-state index is -0.300. The largest absolute Gasteiger partial charge is 0.329 e. The second-order valence-corrected chi connectivity index (χ2v) is 7.69. The minimum absolute atomic E-state index is 0.0734. The third-order valence-corrected chi connectivity index (χ3v) is 4.57. The Morgan fingerprint density at radius 2 is 1.85 bits per heavy atom. The number of nitrogens with one attached hydrogen (secondary N) is 1. The normalized spacial score (nSPS) is 10.8. The van der Waals surface area contributed by atoms with Gasteiger partial charge in [-0.2, -0.15) is 0 Å². The number of hydrogen-bond acceptors (Lipinski definition) is 5. The molecule has 6 nitrogen and oxygen atoms in total. The molecule has 1 aromatic carbocycles. The van der Waals surface area contributed by atoms with Crippen LogP contribution >= 0.6 is 34.5 Å². The lowest BCUT2D eigenvalue weighted by atomic mass is 10.2. The summed E-state index contributed by atoms with van der Waals surface area (Å²) in [5, 5.41) is 5.71. The van der Waals surface area contributed by atoms with Crippen LogP contribution in [0.2, 0.25) is 10.0 Å². The van der Waals surface area contributed by atoms with Gasteiger partial charge in [-0.05, 0) is 45.3 Å². The highest BCUT2D eigenvalue weighted by Crippen LogP contribution is 2.20. The Morgan fingerprint density at radius 1 is 1.15 bits per heavy atom. The highest BCUT2D eigenvalue weighted by Gasteiger charge is 2.20. The number of aromatic nitrogens is 1. The molecule has 0 aliphatic carbocycles. The molecule has 9 heteroatoms. The average molecular weight is 415 g/mol. The molecule has 0 atom stereocenters. The van der Waals surface area contributed by atoms with Gasteiger partial charge in [0.05, 0.1) is 0 Å². The first-order valence-electron chi connectivity index (χ1n) is 7.94. The van der Waals surface area contributed by atoms with Crippen molar-refractivity contribution in [2.24, 2.45) is 0 Å². The molecule has 1 aromatic heterocycles. The third kappa shape index (κ3) is 6.57. The standard InChI is InChI=1S/C17H20Cl2N4O2S/c1-22(2)5-3-6-23(11-15(24)21-17-20-4-7-26-17)16(25)12-8-13(18)10-14(19)9-12/h4,7-10H,3,5-6,11H2,1-2H3,(H,20,21,24). The number of halogens is 2. The zero-order valence-electron chi connectivity index (χ0n) is 14.5. The number of anilines is 1. The fraction of sp³-hybridized carbons (Fsp3) is 0.353. The maximum atomic E-state index is 12.9. The molecule has 26 heavy (non-hydrogen) atoms. The Bertz CT molecular complexity index is 733. The molecule has 0 aliphatic heterocycles. The first-order chi connectivity index (χ1) is 12.3. The zero-order valence-corrected chi connectivity index (χ0v) is 16.9. The van der Waals surface area contributed by atoms with Crippen molar-refractivity contribution in [3.05, 3.63) is 45.4 Å². The van der Waals surface area contributed by atoms with Crippen LogP contribution in [0.1, 0.15) is 16.8 Å². The summed E-state index contributed by atoms with van der Waals surface area (Å²) in [6.45, 7) is 1.16. The summed E-state index contributed by atoms with van der Waals surface area (Å²) in [6, 6.07) is 4.66. The summed E-state index contributed by atoms with van der Waals surface area (Å²) in [5.74, 6) is -0.589. The first-order valence-corrected chi connectivity index (χ1v) is 9.58. The van der Waals surface area contributed by atoms with Crippen molar-refractivity contribution in [3.63, 3.8) is 0 Å². The average Bonchev–Trinajstić information content (AvgIpc) is 3.04. The lowest BCUT2D eigenvalue weighted by Gasteiger charge is -2.23. The van der Waals surface area contributed by atoms with Gasteiger partial charge in [0, 0.05) is 33.7 Å². The number of amides is 2. The van der Waals surface area contributed by atoms with Gasteiger partial charge in [-0.3, -0.25) is 9.59 Å². The summed E-state index contributed by atoms with van der Waals surface area (Å²) in [4.78, 5) is 32.7. The van der Waals surface area contributed by atoms with Crippen LogP contribution in [0.25, 0.3) is 0 Å². The van der Waals surface area contributed by atoms with Crippen molar-refractivity contribution >= 4 is 51.5 Å². The Labute approximate surface area is 166 Å². The van der Waals surface area contributed by atoms with Crippen molar-refractivity contribution in [3.8, 4) is 0 Å². The van der Waals surface area contributed by atoms with Gasteiger partial charge in [0.25, 0.3) is 5.91 Å². The fourth-order valence-electron chi connectivity index (χ4n) is 2.31. The second-order valence-electron chi connectivity index (χ2n) is 5.93. The van der Waals surface area contributed by atoms with Crippen molar-refractivity contribution in [1.82, 2.24) is 14.8 Å². The molecule has 2 amide bonds. The number of carbonyl (C=O) groups excluding carboxylic acids is 2. The van der Waals surface area contributed by atoms with Crippen LogP contribution in [-0.2, 0) is 4.79 Å². The van der Waals surface area contributed by atoms with Gasteiger partial charge >= 0.3 is 0 Å². The van der Waals surface area contributed by atoms with E-state index in [1.54, 1.807) is 29.8 Å². The zero-order chi connectivity index (χ0) is 19.1. The molecule has 0 saturated carbocycles. The van der Waals surface area contributed by atoms with E-state index in [4.69, 9.17) is 23.2 Å². The molecular formula is C17H20Cl2N4O2S. The molecule has 1 N–H and O–H groups in total. The van der Waals surface area contributed by atoms with E-state index in [1.807, 2.05) is 19.0 Å². The summed E-state index contributed by atoms with van der Waals surface area (Å²) >= 11 is 13.3. The topological polar surface area (TPSA) is 65.5 Å². The molecule has 0 spiro atoms. The summed E-state index contributed by atoms with van der Waals surface area (Å²) in [5.41, 5.74) is 0.356. The third-order valence-electron chi connectivity index (χ3n) is 3.44. The number of benzene rings is 1. The summed E-state index contributed by atoms with van der Waals surface area (Å²) < 4.78 is 0. The number of hydrogen-bond donors (Lipinski definition) is 1. The molecule has 2 rings (SSSR count). The van der Waals surface area contributed by atoms with E-state index in [1.165, 1.54) is 16.2 Å². The molecule has 2 aromatic rings. The molecule has 0 fully saturated rings. The van der Waals surface area contributed by atoms with Gasteiger partial charge in [-0.25, -0.2) is 4.98 Å². The Hall–Kier alpha value is -1.67. The molecular weight excluding hydrogens is 395 g/mol. The van der Waals surface area contributed by atoms with Crippen molar-refractivity contribution in [2.45, 2.75) is 6.42 Å². The lowest BCUT2D eigenvalue weighted by Crippen LogP contribution is -2.39. The van der Waals surface area contributed by atoms with Crippen LogP contribution in [0.5, 0.6) is 0 Å². The predicted octanol–water partition coefficient (Wildman–Crippen LogP) is 3.48. The van der Waals surface area contributed by atoms with Crippen LogP contribution in [0.3, 0.4) is 0 Å². The highest BCUT2D eigenvalue weighted by atomic mass is 35.5. The Kier molecular flexibility index (Phi) is 7.84. The van der Waals surface area contributed by atoms with Gasteiger partial charge < -0.3 is 15.1 Å². The molecule has 1 heterocycles. The van der Waals surface area contributed by atoms with E-state index in [2.05, 4.69) is 10.3 Å². The number of nitrogens with zero attached hydrogens (tertiary/aromatic N) is 3. The molecule has 0 aliphatic rings. The summed E-state index contributed by atoms with van der Waals surface area (Å²) in [6.07, 6.45) is 2.34. The molecule has 0 radical (unpaired) electrons. The monoisotopic (exact) mass is 414 g/mol. The van der Waals surface area contributed by atoms with Crippen LogP contribution in [-0.4, -0.2) is 60.3 Å². The second kappa shape index (κ2) is 9.87.